The van der Waals surface area contributed by atoms with Crippen molar-refractivity contribution in [3.8, 4) is 0 Å². The number of ether oxygens (including phenoxy) is 2. The van der Waals surface area contributed by atoms with Crippen LogP contribution in [-0.4, -0.2) is 131 Å². The first-order valence-electron chi connectivity index (χ1n) is 11.7. The highest BCUT2D eigenvalue weighted by Gasteiger charge is 2.56. The minimum absolute atomic E-state index is 0.392. The third-order valence-corrected chi connectivity index (χ3v) is 5.94. The van der Waals surface area contributed by atoms with Crippen LogP contribution in [0.3, 0.4) is 0 Å². The van der Waals surface area contributed by atoms with Crippen LogP contribution in [0.15, 0.2) is 15.8 Å². The highest BCUT2D eigenvalue weighted by atomic mass is 19.1. The maximum atomic E-state index is 13.5. The van der Waals surface area contributed by atoms with Crippen molar-refractivity contribution in [3.05, 3.63) is 32.9 Å². The molecular weight excluding hydrogens is 567 g/mol. The van der Waals surface area contributed by atoms with Gasteiger partial charge in [-0.3, -0.25) is 23.9 Å². The van der Waals surface area contributed by atoms with Gasteiger partial charge in [0.2, 0.25) is 17.6 Å². The van der Waals surface area contributed by atoms with Gasteiger partial charge in [-0.05, 0) is 0 Å². The number of nitrogens with zero attached hydrogens (tertiary/aromatic N) is 1. The van der Waals surface area contributed by atoms with E-state index in [4.69, 9.17) is 14.6 Å². The zero-order chi connectivity index (χ0) is 31.2. The molecule has 2 rings (SSSR count). The molecule has 0 aliphatic carbocycles. The second kappa shape index (κ2) is 13.7. The van der Waals surface area contributed by atoms with Gasteiger partial charge in [0.15, 0.2) is 6.04 Å². The molecule has 0 aromatic carbocycles. The number of amides is 2. The summed E-state index contributed by atoms with van der Waals surface area (Å²) in [5.74, 6) is -10.3. The fourth-order valence-corrected chi connectivity index (χ4v) is 3.92. The predicted octanol–water partition coefficient (Wildman–Crippen LogP) is -6.23. The van der Waals surface area contributed by atoms with Gasteiger partial charge >= 0.3 is 17.6 Å². The number of carboxylic acids is 2. The average molecular weight is 596 g/mol. The molecule has 1 fully saturated rings. The first-order chi connectivity index (χ1) is 19.0. The number of hydrogen-bond donors (Lipinski definition) is 10. The van der Waals surface area contributed by atoms with Crippen molar-refractivity contribution in [2.24, 2.45) is 0 Å². The lowest BCUT2D eigenvalue weighted by molar-refractivity contribution is -0.309. The molecule has 19 nitrogen and oxygen atoms in total. The number of aliphatic carboxylic acids is 2. The van der Waals surface area contributed by atoms with Gasteiger partial charge in [0, 0.05) is 13.3 Å². The number of H-pyrrole nitrogens is 1. The van der Waals surface area contributed by atoms with E-state index in [2.05, 4.69) is 5.32 Å². The van der Waals surface area contributed by atoms with Crippen LogP contribution >= 0.6 is 0 Å². The Labute approximate surface area is 227 Å². The number of aromatic nitrogens is 2. The Bertz CT molecular complexity index is 1250. The summed E-state index contributed by atoms with van der Waals surface area (Å²) in [4.78, 5) is 72.3. The van der Waals surface area contributed by atoms with E-state index >= 15 is 0 Å². The van der Waals surface area contributed by atoms with Gasteiger partial charge in [0.25, 0.3) is 11.3 Å². The molecule has 1 aliphatic rings. The van der Waals surface area contributed by atoms with E-state index in [1.165, 1.54) is 0 Å². The first-order valence-corrected chi connectivity index (χ1v) is 11.7. The largest absolute Gasteiger partial charge is 0.480 e. The SMILES string of the molecule is CC(=O)N[C@H]1[C@H]([C@H](O)[C@H](O)CO)O[C@](OCC(=O)N[C@H](C(=O)O)[C@@H](O)Cn2cc(F)c(=O)[nH]c2=O)(C(=O)O)C[C@@H]1O. The molecule has 2 heterocycles. The lowest BCUT2D eigenvalue weighted by atomic mass is 9.88. The molecule has 10 N–H and O–H groups in total. The Balaban J connectivity index is 2.22. The number of halogens is 1. The monoisotopic (exact) mass is 596 g/mol. The minimum Gasteiger partial charge on any atom is -0.480 e. The van der Waals surface area contributed by atoms with Crippen molar-refractivity contribution in [1.82, 2.24) is 20.2 Å². The summed E-state index contributed by atoms with van der Waals surface area (Å²) in [5, 5.41) is 73.4. The van der Waals surface area contributed by atoms with Crippen LogP contribution in [0.4, 0.5) is 4.39 Å². The molecule has 1 aromatic heterocycles. The summed E-state index contributed by atoms with van der Waals surface area (Å²) >= 11 is 0. The van der Waals surface area contributed by atoms with Crippen molar-refractivity contribution in [2.75, 3.05) is 13.2 Å². The van der Waals surface area contributed by atoms with Crippen LogP contribution in [0, 0.1) is 5.82 Å². The smallest absolute Gasteiger partial charge is 0.364 e. The van der Waals surface area contributed by atoms with Gasteiger partial charge in [-0.25, -0.2) is 14.4 Å². The van der Waals surface area contributed by atoms with E-state index in [1.807, 2.05) is 0 Å². The number of carboxylic acid groups (broad SMARTS) is 2. The van der Waals surface area contributed by atoms with Gasteiger partial charge in [-0.15, -0.1) is 0 Å². The highest BCUT2D eigenvalue weighted by Crippen LogP contribution is 2.33. The van der Waals surface area contributed by atoms with Crippen LogP contribution in [0.5, 0.6) is 0 Å². The summed E-state index contributed by atoms with van der Waals surface area (Å²) in [5.41, 5.74) is -2.57. The number of carbonyl (C=O) groups is 4. The van der Waals surface area contributed by atoms with E-state index in [9.17, 15) is 63.8 Å². The molecule has 0 spiro atoms. The van der Waals surface area contributed by atoms with Crippen LogP contribution in [0.25, 0.3) is 0 Å². The zero-order valence-corrected chi connectivity index (χ0v) is 21.2. The molecule has 1 aromatic rings. The Hall–Kier alpha value is -3.79. The molecular formula is C21H29FN4O15. The van der Waals surface area contributed by atoms with Crippen molar-refractivity contribution < 1.29 is 68.8 Å². The molecule has 0 radical (unpaired) electrons. The number of carbonyl (C=O) groups excluding carboxylic acids is 2. The maximum absolute atomic E-state index is 13.5. The quantitative estimate of drug-likeness (QED) is 0.101. The molecule has 8 atom stereocenters. The molecule has 0 bridgehead atoms. The molecule has 1 saturated heterocycles. The van der Waals surface area contributed by atoms with Gasteiger partial charge in [0.05, 0.1) is 31.5 Å². The number of aliphatic hydroxyl groups excluding tert-OH is 5. The minimum atomic E-state index is -2.91. The summed E-state index contributed by atoms with van der Waals surface area (Å²) in [6.45, 7) is -2.23. The number of aromatic amines is 1. The van der Waals surface area contributed by atoms with Crippen LogP contribution in [-0.2, 0) is 35.2 Å². The second-order valence-corrected chi connectivity index (χ2v) is 9.01. The topological polar surface area (TPSA) is 307 Å². The Kier molecular flexibility index (Phi) is 11.2. The number of nitrogens with one attached hydrogen (secondary N) is 3. The molecule has 41 heavy (non-hydrogen) atoms. The average Bonchev–Trinajstić information content (AvgIpc) is 2.88. The van der Waals surface area contributed by atoms with Gasteiger partial charge in [0.1, 0.15) is 31.0 Å². The highest BCUT2D eigenvalue weighted by molar-refractivity contribution is 5.85. The lowest BCUT2D eigenvalue weighted by Gasteiger charge is -2.46. The molecule has 20 heteroatoms. The van der Waals surface area contributed by atoms with Crippen LogP contribution < -0.4 is 21.9 Å². The zero-order valence-electron chi connectivity index (χ0n) is 21.2. The summed E-state index contributed by atoms with van der Waals surface area (Å²) in [7, 11) is 0. The van der Waals surface area contributed by atoms with E-state index in [1.54, 1.807) is 10.3 Å². The van der Waals surface area contributed by atoms with Crippen molar-refractivity contribution in [1.29, 1.82) is 0 Å². The third kappa shape index (κ3) is 8.13. The molecule has 2 amide bonds. The fraction of sp³-hybridized carbons (Fsp3) is 0.619. The van der Waals surface area contributed by atoms with Gasteiger partial charge in [-0.2, -0.15) is 4.39 Å². The van der Waals surface area contributed by atoms with Gasteiger partial charge < -0.3 is 55.9 Å². The molecule has 1 aliphatic heterocycles. The Morgan fingerprint density at radius 1 is 1.22 bits per heavy atom. The van der Waals surface area contributed by atoms with Crippen LogP contribution in [0.2, 0.25) is 0 Å². The van der Waals surface area contributed by atoms with E-state index in [-0.39, 0.29) is 0 Å². The molecule has 0 saturated carbocycles. The molecule has 230 valence electrons. The van der Waals surface area contributed by atoms with E-state index < -0.39 is 115 Å². The normalized spacial score (nSPS) is 25.4. The fourth-order valence-electron chi connectivity index (χ4n) is 3.92. The Morgan fingerprint density at radius 3 is 2.39 bits per heavy atom. The number of rotatable bonds is 13. The summed E-state index contributed by atoms with van der Waals surface area (Å²) < 4.78 is 24.3. The predicted molar refractivity (Wildman–Crippen MR) is 125 cm³/mol. The molecule has 0 unspecified atom stereocenters. The Morgan fingerprint density at radius 2 is 1.85 bits per heavy atom. The number of aliphatic hydroxyl groups is 5. The number of hydrogen-bond acceptors (Lipinski definition) is 13. The maximum Gasteiger partial charge on any atom is 0.364 e. The van der Waals surface area contributed by atoms with Crippen LogP contribution in [0.1, 0.15) is 13.3 Å². The van der Waals surface area contributed by atoms with Gasteiger partial charge in [-0.1, -0.05) is 0 Å². The lowest BCUT2D eigenvalue weighted by Crippen LogP contribution is -2.68. The van der Waals surface area contributed by atoms with E-state index in [0.29, 0.717) is 10.8 Å². The van der Waals surface area contributed by atoms with E-state index in [0.717, 1.165) is 6.92 Å². The van der Waals surface area contributed by atoms with Crippen molar-refractivity contribution >= 4 is 23.8 Å². The van der Waals surface area contributed by atoms with Crippen molar-refractivity contribution in [2.45, 2.75) is 68.3 Å². The summed E-state index contributed by atoms with van der Waals surface area (Å²) in [6, 6.07) is -3.69. The first kappa shape index (κ1) is 33.4. The standard InChI is InChI=1S/C21H29FN4O15/c1-7(28)23-13-9(29)2-21(19(37)38,41-16(13)15(33)11(31)5-27)40-6-12(32)24-14(18(35)36)10(30)4-26-3-8(22)17(34)25-20(26)39/h3,9-11,13-16,27,29-31,33H,2,4-6H2,1H3,(H,23,28)(H,24,32)(H,35,36)(H,37,38)(H,25,34,39)/t9-,10-,11+,13+,14-,15+,16+,21-/m0/s1. The second-order valence-electron chi connectivity index (χ2n) is 9.01. The summed E-state index contributed by atoms with van der Waals surface area (Å²) in [6.07, 6.45) is -10.4. The van der Waals surface area contributed by atoms with Crippen molar-refractivity contribution in [3.63, 3.8) is 0 Å². The third-order valence-electron chi connectivity index (χ3n) is 5.94.